The Morgan fingerprint density at radius 3 is 2.60 bits per heavy atom. The highest BCUT2D eigenvalue weighted by Crippen LogP contribution is 2.28. The van der Waals surface area contributed by atoms with Crippen molar-refractivity contribution in [3.8, 4) is 0 Å². The maximum absolute atomic E-state index is 12.3. The molecule has 0 radical (unpaired) electrons. The molecule has 25 heavy (non-hydrogen) atoms. The Balaban J connectivity index is 1.86. The summed E-state index contributed by atoms with van der Waals surface area (Å²) in [6.07, 6.45) is 10.7. The summed E-state index contributed by atoms with van der Waals surface area (Å²) in [5.74, 6) is 0.624. The molecule has 1 aliphatic rings. The molecule has 0 atom stereocenters. The van der Waals surface area contributed by atoms with Crippen LogP contribution in [0.25, 0.3) is 0 Å². The summed E-state index contributed by atoms with van der Waals surface area (Å²) in [5.41, 5.74) is -0.0715. The number of aromatic nitrogens is 2. The fourth-order valence-corrected chi connectivity index (χ4v) is 4.26. The number of hydrogen-bond donors (Lipinski definition) is 1. The van der Waals surface area contributed by atoms with E-state index in [1.807, 2.05) is 30.3 Å². The largest absolute Gasteiger partial charge is 0.329 e. The van der Waals surface area contributed by atoms with E-state index in [4.69, 9.17) is 0 Å². The van der Waals surface area contributed by atoms with Crippen LogP contribution in [0.5, 0.6) is 0 Å². The van der Waals surface area contributed by atoms with Gasteiger partial charge in [-0.25, -0.2) is 4.79 Å². The SMILES string of the molecule is Cc1c(Sc2ccccc2)n(C/C=C/C2CCCCC2)c(=O)[nH]c1=O. The Morgan fingerprint density at radius 1 is 1.16 bits per heavy atom. The Hall–Kier alpha value is -2.01. The van der Waals surface area contributed by atoms with Crippen molar-refractivity contribution >= 4 is 11.8 Å². The fourth-order valence-electron chi connectivity index (χ4n) is 3.23. The molecule has 1 aromatic carbocycles. The van der Waals surface area contributed by atoms with E-state index < -0.39 is 0 Å². The van der Waals surface area contributed by atoms with Crippen molar-refractivity contribution in [3.05, 3.63) is 68.9 Å². The molecular weight excluding hydrogens is 332 g/mol. The number of nitrogens with zero attached hydrogens (tertiary/aromatic N) is 1. The van der Waals surface area contributed by atoms with Gasteiger partial charge in [0.1, 0.15) is 0 Å². The van der Waals surface area contributed by atoms with E-state index in [1.54, 1.807) is 11.5 Å². The van der Waals surface area contributed by atoms with Crippen LogP contribution >= 0.6 is 11.8 Å². The molecule has 0 aliphatic heterocycles. The van der Waals surface area contributed by atoms with E-state index in [2.05, 4.69) is 17.1 Å². The molecule has 1 heterocycles. The summed E-state index contributed by atoms with van der Waals surface area (Å²) >= 11 is 1.46. The molecule has 0 amide bonds. The maximum Gasteiger partial charge on any atom is 0.329 e. The van der Waals surface area contributed by atoms with Crippen LogP contribution in [-0.4, -0.2) is 9.55 Å². The number of allylic oxidation sites excluding steroid dienone is 2. The minimum atomic E-state index is -0.345. The van der Waals surface area contributed by atoms with Crippen molar-refractivity contribution in [1.82, 2.24) is 9.55 Å². The number of aromatic amines is 1. The lowest BCUT2D eigenvalue weighted by molar-refractivity contribution is 0.418. The molecule has 1 fully saturated rings. The van der Waals surface area contributed by atoms with Crippen LogP contribution < -0.4 is 11.2 Å². The van der Waals surface area contributed by atoms with Crippen molar-refractivity contribution in [3.63, 3.8) is 0 Å². The average molecular weight is 356 g/mol. The van der Waals surface area contributed by atoms with Gasteiger partial charge < -0.3 is 0 Å². The molecule has 0 bridgehead atoms. The molecule has 3 rings (SSSR count). The average Bonchev–Trinajstić information content (AvgIpc) is 2.63. The van der Waals surface area contributed by atoms with E-state index in [9.17, 15) is 9.59 Å². The minimum Gasteiger partial charge on any atom is -0.284 e. The number of hydrogen-bond acceptors (Lipinski definition) is 3. The molecule has 0 spiro atoms. The smallest absolute Gasteiger partial charge is 0.284 e. The standard InChI is InChI=1S/C20H24N2O2S/c1-15-18(23)21-20(24)22(14-8-11-16-9-4-2-5-10-16)19(15)25-17-12-6-3-7-13-17/h3,6-8,11-13,16H,2,4-5,9-10,14H2,1H3,(H,21,23,24)/b11-8+. The third-order valence-corrected chi connectivity index (χ3v) is 5.90. The lowest BCUT2D eigenvalue weighted by atomic mass is 9.89. The van der Waals surface area contributed by atoms with Gasteiger partial charge in [-0.15, -0.1) is 0 Å². The molecule has 5 heteroatoms. The summed E-state index contributed by atoms with van der Waals surface area (Å²) in [4.78, 5) is 27.8. The Bertz CT molecular complexity index is 846. The van der Waals surface area contributed by atoms with Crippen molar-refractivity contribution in [2.75, 3.05) is 0 Å². The lowest BCUT2D eigenvalue weighted by Gasteiger charge is -2.18. The summed E-state index contributed by atoms with van der Waals surface area (Å²) < 4.78 is 1.66. The first-order valence-corrected chi connectivity index (χ1v) is 9.70. The van der Waals surface area contributed by atoms with E-state index in [0.717, 1.165) is 4.90 Å². The number of nitrogens with one attached hydrogen (secondary N) is 1. The second-order valence-electron chi connectivity index (χ2n) is 6.54. The van der Waals surface area contributed by atoms with Gasteiger partial charge in [-0.2, -0.15) is 0 Å². The van der Waals surface area contributed by atoms with Crippen LogP contribution in [0.4, 0.5) is 0 Å². The second kappa shape index (κ2) is 8.39. The zero-order valence-electron chi connectivity index (χ0n) is 14.5. The van der Waals surface area contributed by atoms with Crippen LogP contribution in [-0.2, 0) is 6.54 Å². The molecule has 1 N–H and O–H groups in total. The monoisotopic (exact) mass is 356 g/mol. The molecule has 0 unspecified atom stereocenters. The van der Waals surface area contributed by atoms with Gasteiger partial charge in [-0.1, -0.05) is 61.4 Å². The quantitative estimate of drug-likeness (QED) is 0.647. The highest BCUT2D eigenvalue weighted by Gasteiger charge is 2.13. The zero-order valence-corrected chi connectivity index (χ0v) is 15.3. The molecular formula is C20H24N2O2S. The van der Waals surface area contributed by atoms with Crippen LogP contribution in [0.1, 0.15) is 37.7 Å². The van der Waals surface area contributed by atoms with Crippen LogP contribution in [0.2, 0.25) is 0 Å². The molecule has 2 aromatic rings. The van der Waals surface area contributed by atoms with E-state index >= 15 is 0 Å². The summed E-state index contributed by atoms with van der Waals surface area (Å²) in [6, 6.07) is 9.83. The predicted octanol–water partition coefficient (Wildman–Crippen LogP) is 4.13. The first kappa shape index (κ1) is 17.8. The van der Waals surface area contributed by atoms with Gasteiger partial charge in [0.25, 0.3) is 5.56 Å². The van der Waals surface area contributed by atoms with Crippen molar-refractivity contribution in [2.45, 2.75) is 55.5 Å². The molecule has 1 saturated carbocycles. The summed E-state index contributed by atoms with van der Waals surface area (Å²) in [7, 11) is 0. The van der Waals surface area contributed by atoms with Crippen LogP contribution in [0.3, 0.4) is 0 Å². The Kier molecular flexibility index (Phi) is 5.97. The number of benzene rings is 1. The Labute approximate surface area is 152 Å². The Morgan fingerprint density at radius 2 is 1.88 bits per heavy atom. The van der Waals surface area contributed by atoms with E-state index in [-0.39, 0.29) is 11.2 Å². The summed E-state index contributed by atoms with van der Waals surface area (Å²) in [6.45, 7) is 2.26. The van der Waals surface area contributed by atoms with Gasteiger partial charge in [0, 0.05) is 17.0 Å². The van der Waals surface area contributed by atoms with Gasteiger partial charge in [0.2, 0.25) is 0 Å². The van der Waals surface area contributed by atoms with E-state index in [0.29, 0.717) is 23.1 Å². The van der Waals surface area contributed by atoms with Crippen molar-refractivity contribution in [2.24, 2.45) is 5.92 Å². The normalized spacial score (nSPS) is 15.7. The lowest BCUT2D eigenvalue weighted by Crippen LogP contribution is -2.32. The third kappa shape index (κ3) is 4.54. The molecule has 4 nitrogen and oxygen atoms in total. The van der Waals surface area contributed by atoms with Gasteiger partial charge in [0.15, 0.2) is 0 Å². The second-order valence-corrected chi connectivity index (χ2v) is 7.60. The maximum atomic E-state index is 12.3. The van der Waals surface area contributed by atoms with Gasteiger partial charge in [-0.05, 0) is 37.8 Å². The van der Waals surface area contributed by atoms with Gasteiger partial charge in [-0.3, -0.25) is 14.3 Å². The highest BCUT2D eigenvalue weighted by atomic mass is 32.2. The number of H-pyrrole nitrogens is 1. The van der Waals surface area contributed by atoms with Crippen LogP contribution in [0.15, 0.2) is 62.0 Å². The third-order valence-electron chi connectivity index (χ3n) is 4.68. The van der Waals surface area contributed by atoms with Crippen molar-refractivity contribution in [1.29, 1.82) is 0 Å². The minimum absolute atomic E-state index is 0.309. The molecule has 1 aromatic heterocycles. The molecule has 1 aliphatic carbocycles. The first-order valence-electron chi connectivity index (χ1n) is 8.88. The zero-order chi connectivity index (χ0) is 17.6. The predicted molar refractivity (Wildman–Crippen MR) is 102 cm³/mol. The van der Waals surface area contributed by atoms with Gasteiger partial charge in [0.05, 0.1) is 5.03 Å². The first-order chi connectivity index (χ1) is 12.1. The summed E-state index contributed by atoms with van der Waals surface area (Å²) in [5, 5.41) is 0.716. The number of rotatable bonds is 5. The van der Waals surface area contributed by atoms with E-state index in [1.165, 1.54) is 43.9 Å². The molecule has 132 valence electrons. The van der Waals surface area contributed by atoms with Gasteiger partial charge >= 0.3 is 5.69 Å². The van der Waals surface area contributed by atoms with Crippen LogP contribution in [0, 0.1) is 12.8 Å². The van der Waals surface area contributed by atoms with Crippen molar-refractivity contribution < 1.29 is 0 Å². The topological polar surface area (TPSA) is 54.9 Å². The fraction of sp³-hybridized carbons (Fsp3) is 0.400. The molecule has 0 saturated heterocycles. The highest BCUT2D eigenvalue weighted by molar-refractivity contribution is 7.99.